The monoisotopic (exact) mass is 272 g/mol. The van der Waals surface area contributed by atoms with Crippen LogP contribution in [0, 0.1) is 11.3 Å². The maximum atomic E-state index is 11.4. The third-order valence-electron chi connectivity index (χ3n) is 4.17. The second-order valence-corrected chi connectivity index (χ2v) is 6.02. The molecule has 6 nitrogen and oxygen atoms in total. The molecule has 4 N–H and O–H groups in total. The molecule has 0 aliphatic carbocycles. The number of carbonyl (C=O) groups is 1. The fourth-order valence-corrected chi connectivity index (χ4v) is 3.06. The Morgan fingerprint density at radius 3 is 2.58 bits per heavy atom. The maximum absolute atomic E-state index is 11.4. The van der Waals surface area contributed by atoms with Gasteiger partial charge in [-0.05, 0) is 38.2 Å². The van der Waals surface area contributed by atoms with Gasteiger partial charge in [0.15, 0.2) is 0 Å². The summed E-state index contributed by atoms with van der Waals surface area (Å²) in [6.07, 6.45) is 1.58. The Bertz CT molecular complexity index is 314. The molecule has 0 aromatic rings. The largest absolute Gasteiger partial charge is 0.480 e. The molecular weight excluding hydrogens is 247 g/mol. The summed E-state index contributed by atoms with van der Waals surface area (Å²) in [6.45, 7) is 3.51. The van der Waals surface area contributed by atoms with E-state index in [1.54, 1.807) is 0 Å². The first-order chi connectivity index (χ1) is 8.77. The van der Waals surface area contributed by atoms with Crippen LogP contribution in [0.1, 0.15) is 19.8 Å². The fourth-order valence-electron chi connectivity index (χ4n) is 3.06. The molecule has 1 aliphatic rings. The van der Waals surface area contributed by atoms with Crippen molar-refractivity contribution in [2.24, 2.45) is 11.3 Å². The molecule has 0 aromatic heterocycles. The number of aliphatic carboxylic acids is 1. The molecule has 3 unspecified atom stereocenters. The van der Waals surface area contributed by atoms with Crippen molar-refractivity contribution in [2.75, 3.05) is 27.2 Å². The first-order valence-corrected chi connectivity index (χ1v) is 6.74. The van der Waals surface area contributed by atoms with Gasteiger partial charge in [0.1, 0.15) is 6.04 Å². The SMILES string of the molecule is CN(C)CC1CNC(C(=O)O)C1(C)CCCB(O)O. The molecule has 1 fully saturated rings. The summed E-state index contributed by atoms with van der Waals surface area (Å²) >= 11 is 0. The van der Waals surface area contributed by atoms with Gasteiger partial charge in [-0.15, -0.1) is 0 Å². The minimum absolute atomic E-state index is 0.249. The van der Waals surface area contributed by atoms with Crippen molar-refractivity contribution >= 4 is 13.1 Å². The van der Waals surface area contributed by atoms with E-state index in [4.69, 9.17) is 10.0 Å². The van der Waals surface area contributed by atoms with Crippen molar-refractivity contribution in [1.29, 1.82) is 0 Å². The molecule has 19 heavy (non-hydrogen) atoms. The summed E-state index contributed by atoms with van der Waals surface area (Å²) < 4.78 is 0. The zero-order valence-electron chi connectivity index (χ0n) is 12.0. The zero-order valence-corrected chi connectivity index (χ0v) is 12.0. The van der Waals surface area contributed by atoms with Gasteiger partial charge in [0.25, 0.3) is 0 Å². The number of nitrogens with zero attached hydrogens (tertiary/aromatic N) is 1. The molecule has 0 spiro atoms. The van der Waals surface area contributed by atoms with Gasteiger partial charge in [-0.1, -0.05) is 13.3 Å². The summed E-state index contributed by atoms with van der Waals surface area (Å²) in [6, 6.07) is -0.562. The average Bonchev–Trinajstić information content (AvgIpc) is 2.55. The number of carboxylic acids is 1. The van der Waals surface area contributed by atoms with Crippen LogP contribution in [0.25, 0.3) is 0 Å². The first kappa shape index (κ1) is 16.4. The van der Waals surface area contributed by atoms with Crippen LogP contribution in [0.4, 0.5) is 0 Å². The third-order valence-corrected chi connectivity index (χ3v) is 4.17. The predicted octanol–water partition coefficient (Wildman–Crippen LogP) is -0.520. The topological polar surface area (TPSA) is 93.0 Å². The molecule has 0 radical (unpaired) electrons. The second kappa shape index (κ2) is 6.70. The van der Waals surface area contributed by atoms with E-state index in [0.717, 1.165) is 6.54 Å². The lowest BCUT2D eigenvalue weighted by Crippen LogP contribution is -2.44. The van der Waals surface area contributed by atoms with Crippen LogP contribution < -0.4 is 5.32 Å². The standard InChI is InChI=1S/C12H25BN2O4/c1-12(5-4-6-13(18)19)9(8-15(2)3)7-14-10(12)11(16)17/h9-10,14,18-19H,4-8H2,1-3H3,(H,16,17). The Morgan fingerprint density at radius 2 is 2.11 bits per heavy atom. The van der Waals surface area contributed by atoms with Gasteiger partial charge in [0.05, 0.1) is 0 Å². The second-order valence-electron chi connectivity index (χ2n) is 6.02. The Kier molecular flexibility index (Phi) is 5.79. The molecule has 1 saturated heterocycles. The molecule has 0 saturated carbocycles. The summed E-state index contributed by atoms with van der Waals surface area (Å²) in [4.78, 5) is 13.4. The number of rotatable bonds is 7. The minimum Gasteiger partial charge on any atom is -0.480 e. The molecule has 0 amide bonds. The third kappa shape index (κ3) is 4.17. The summed E-state index contributed by atoms with van der Waals surface area (Å²) in [5.74, 6) is -0.576. The zero-order chi connectivity index (χ0) is 14.6. The average molecular weight is 272 g/mol. The number of hydrogen-bond donors (Lipinski definition) is 4. The van der Waals surface area contributed by atoms with Crippen molar-refractivity contribution in [2.45, 2.75) is 32.1 Å². The van der Waals surface area contributed by atoms with E-state index in [1.165, 1.54) is 0 Å². The fraction of sp³-hybridized carbons (Fsp3) is 0.917. The van der Waals surface area contributed by atoms with Gasteiger partial charge >= 0.3 is 13.1 Å². The highest BCUT2D eigenvalue weighted by Gasteiger charge is 2.49. The van der Waals surface area contributed by atoms with Gasteiger partial charge in [-0.2, -0.15) is 0 Å². The highest BCUT2D eigenvalue weighted by Crippen LogP contribution is 2.41. The molecule has 0 bridgehead atoms. The van der Waals surface area contributed by atoms with Crippen LogP contribution in [0.5, 0.6) is 0 Å². The van der Waals surface area contributed by atoms with Crippen LogP contribution in [-0.4, -0.2) is 66.4 Å². The van der Waals surface area contributed by atoms with Crippen molar-refractivity contribution in [3.05, 3.63) is 0 Å². The molecule has 0 aromatic carbocycles. The van der Waals surface area contributed by atoms with Crippen molar-refractivity contribution in [3.63, 3.8) is 0 Å². The van der Waals surface area contributed by atoms with Gasteiger partial charge in [0, 0.05) is 13.1 Å². The molecule has 1 rings (SSSR count). The Hall–Kier alpha value is -0.625. The highest BCUT2D eigenvalue weighted by molar-refractivity contribution is 6.40. The predicted molar refractivity (Wildman–Crippen MR) is 73.8 cm³/mol. The molecule has 110 valence electrons. The molecule has 3 atom stereocenters. The lowest BCUT2D eigenvalue weighted by Gasteiger charge is -2.35. The number of nitrogens with one attached hydrogen (secondary N) is 1. The van der Waals surface area contributed by atoms with E-state index < -0.39 is 19.1 Å². The minimum atomic E-state index is -1.31. The smallest absolute Gasteiger partial charge is 0.451 e. The number of hydrogen-bond acceptors (Lipinski definition) is 5. The Balaban J connectivity index is 2.74. The van der Waals surface area contributed by atoms with Gasteiger partial charge in [-0.25, -0.2) is 0 Å². The molecule has 7 heteroatoms. The van der Waals surface area contributed by atoms with Crippen molar-refractivity contribution < 1.29 is 19.9 Å². The summed E-state index contributed by atoms with van der Waals surface area (Å²) in [5.41, 5.74) is -0.356. The molecule has 1 aliphatic heterocycles. The van der Waals surface area contributed by atoms with Crippen LogP contribution in [-0.2, 0) is 4.79 Å². The van der Waals surface area contributed by atoms with E-state index in [1.807, 2.05) is 21.0 Å². The van der Waals surface area contributed by atoms with Gasteiger partial charge in [-0.3, -0.25) is 4.79 Å². The van der Waals surface area contributed by atoms with E-state index in [2.05, 4.69) is 10.2 Å². The quantitative estimate of drug-likeness (QED) is 0.466. The summed E-state index contributed by atoms with van der Waals surface area (Å²) in [7, 11) is 2.64. The van der Waals surface area contributed by atoms with Gasteiger partial charge in [0.2, 0.25) is 0 Å². The number of carboxylic acid groups (broad SMARTS) is 1. The van der Waals surface area contributed by atoms with Crippen LogP contribution in [0.15, 0.2) is 0 Å². The van der Waals surface area contributed by atoms with E-state index in [0.29, 0.717) is 19.4 Å². The van der Waals surface area contributed by atoms with Crippen LogP contribution in [0.2, 0.25) is 6.32 Å². The van der Waals surface area contributed by atoms with Crippen LogP contribution >= 0.6 is 0 Å². The Morgan fingerprint density at radius 1 is 1.47 bits per heavy atom. The molecule has 1 heterocycles. The van der Waals surface area contributed by atoms with E-state index in [9.17, 15) is 9.90 Å². The first-order valence-electron chi connectivity index (χ1n) is 6.74. The maximum Gasteiger partial charge on any atom is 0.451 e. The van der Waals surface area contributed by atoms with E-state index >= 15 is 0 Å². The van der Waals surface area contributed by atoms with Crippen molar-refractivity contribution in [3.8, 4) is 0 Å². The molecular formula is C12H25BN2O4. The Labute approximate surface area is 114 Å². The van der Waals surface area contributed by atoms with Gasteiger partial charge < -0.3 is 25.4 Å². The lowest BCUT2D eigenvalue weighted by molar-refractivity contribution is -0.142. The van der Waals surface area contributed by atoms with E-state index in [-0.39, 0.29) is 17.7 Å². The highest BCUT2D eigenvalue weighted by atomic mass is 16.4. The lowest BCUT2D eigenvalue weighted by atomic mass is 9.69. The van der Waals surface area contributed by atoms with Crippen LogP contribution in [0.3, 0.4) is 0 Å². The summed E-state index contributed by atoms with van der Waals surface area (Å²) in [5, 5.41) is 30.2. The van der Waals surface area contributed by atoms with Crippen molar-refractivity contribution in [1.82, 2.24) is 10.2 Å². The normalized spacial score (nSPS) is 30.8.